The number of carbonyl (C=O) groups is 1. The molecule has 0 aliphatic rings. The summed E-state index contributed by atoms with van der Waals surface area (Å²) in [5, 5.41) is 0. The van der Waals surface area contributed by atoms with Crippen LogP contribution in [0.15, 0.2) is 47.3 Å². The maximum Gasteiger partial charge on any atom is 0.394 e. The lowest BCUT2D eigenvalue weighted by Gasteiger charge is -2.02. The highest BCUT2D eigenvalue weighted by atomic mass is 16.5. The molecule has 0 aliphatic carbocycles. The van der Waals surface area contributed by atoms with Gasteiger partial charge < -0.3 is 13.9 Å². The number of hydrogen-bond donors (Lipinski definition) is 0. The number of rotatable bonds is 5. The Hall–Kier alpha value is -3.22. The van der Waals surface area contributed by atoms with Crippen molar-refractivity contribution in [2.45, 2.75) is 6.92 Å². The van der Waals surface area contributed by atoms with E-state index < -0.39 is 5.97 Å². The van der Waals surface area contributed by atoms with E-state index in [1.165, 1.54) is 7.11 Å². The fraction of sp³-hybridized carbons (Fsp3) is 0.176. The molecule has 3 rings (SSSR count). The third kappa shape index (κ3) is 3.10. The predicted octanol–water partition coefficient (Wildman–Crippen LogP) is 2.98. The Bertz CT molecular complexity index is 829. The van der Waals surface area contributed by atoms with E-state index >= 15 is 0 Å². The number of ether oxygens (including phenoxy) is 2. The molecule has 24 heavy (non-hydrogen) atoms. The van der Waals surface area contributed by atoms with Gasteiger partial charge in [-0.15, -0.1) is 0 Å². The number of methoxy groups -OCH3 is 1. The summed E-state index contributed by atoms with van der Waals surface area (Å²) in [7, 11) is 1.54. The number of aromatic nitrogens is 3. The molecule has 3 aromatic heterocycles. The van der Waals surface area contributed by atoms with Crippen molar-refractivity contribution >= 4 is 5.97 Å². The molecule has 3 heterocycles. The quantitative estimate of drug-likeness (QED) is 0.666. The molecule has 0 saturated carbocycles. The van der Waals surface area contributed by atoms with Crippen molar-refractivity contribution in [2.75, 3.05) is 13.7 Å². The Morgan fingerprint density at radius 2 is 2.08 bits per heavy atom. The Balaban J connectivity index is 2.09. The van der Waals surface area contributed by atoms with Gasteiger partial charge in [-0.05, 0) is 25.1 Å². The minimum absolute atomic E-state index is 0.110. The molecule has 3 aromatic rings. The summed E-state index contributed by atoms with van der Waals surface area (Å²) in [5.41, 5.74) is 1.88. The molecule has 0 atom stereocenters. The van der Waals surface area contributed by atoms with Crippen LogP contribution in [0.25, 0.3) is 22.6 Å². The van der Waals surface area contributed by atoms with Crippen LogP contribution in [-0.2, 0) is 4.74 Å². The first kappa shape index (κ1) is 15.7. The Morgan fingerprint density at radius 1 is 1.21 bits per heavy atom. The fourth-order valence-electron chi connectivity index (χ4n) is 2.13. The summed E-state index contributed by atoms with van der Waals surface area (Å²) < 4.78 is 15.7. The zero-order valence-electron chi connectivity index (χ0n) is 13.2. The first-order valence-electron chi connectivity index (χ1n) is 7.31. The maximum absolute atomic E-state index is 11.9. The lowest BCUT2D eigenvalue weighted by Crippen LogP contribution is -2.04. The molecule has 0 fully saturated rings. The van der Waals surface area contributed by atoms with Gasteiger partial charge in [-0.3, -0.25) is 4.98 Å². The SMILES string of the molecule is CCOC(=O)c1nc(-c2ccc(OC)nc2)c(-c2cccnc2)o1. The predicted molar refractivity (Wildman–Crippen MR) is 85.5 cm³/mol. The van der Waals surface area contributed by atoms with Gasteiger partial charge in [-0.25, -0.2) is 14.8 Å². The molecule has 0 N–H and O–H groups in total. The molecule has 0 saturated heterocycles. The van der Waals surface area contributed by atoms with Crippen molar-refractivity contribution in [1.82, 2.24) is 15.0 Å². The average Bonchev–Trinajstić information content (AvgIpc) is 3.08. The van der Waals surface area contributed by atoms with Gasteiger partial charge >= 0.3 is 11.9 Å². The van der Waals surface area contributed by atoms with Crippen molar-refractivity contribution in [3.05, 3.63) is 48.7 Å². The van der Waals surface area contributed by atoms with Gasteiger partial charge in [0, 0.05) is 35.8 Å². The third-order valence-electron chi connectivity index (χ3n) is 3.22. The smallest absolute Gasteiger partial charge is 0.394 e. The molecule has 0 unspecified atom stereocenters. The Morgan fingerprint density at radius 3 is 2.71 bits per heavy atom. The maximum atomic E-state index is 11.9. The molecule has 0 bridgehead atoms. The van der Waals surface area contributed by atoms with Gasteiger partial charge in [0.1, 0.15) is 5.69 Å². The van der Waals surface area contributed by atoms with Gasteiger partial charge in [0.2, 0.25) is 5.88 Å². The van der Waals surface area contributed by atoms with Crippen LogP contribution < -0.4 is 4.74 Å². The molecule has 0 aromatic carbocycles. The van der Waals surface area contributed by atoms with Crippen LogP contribution in [0.3, 0.4) is 0 Å². The van der Waals surface area contributed by atoms with Crippen LogP contribution in [0.5, 0.6) is 5.88 Å². The summed E-state index contributed by atoms with van der Waals surface area (Å²) in [6.45, 7) is 1.96. The van der Waals surface area contributed by atoms with E-state index in [0.717, 1.165) is 0 Å². The normalized spacial score (nSPS) is 10.4. The van der Waals surface area contributed by atoms with Crippen molar-refractivity contribution in [1.29, 1.82) is 0 Å². The highest BCUT2D eigenvalue weighted by molar-refractivity contribution is 5.87. The van der Waals surface area contributed by atoms with Crippen molar-refractivity contribution < 1.29 is 18.7 Å². The lowest BCUT2D eigenvalue weighted by molar-refractivity contribution is 0.0482. The van der Waals surface area contributed by atoms with Crippen molar-refractivity contribution in [3.8, 4) is 28.5 Å². The first-order valence-corrected chi connectivity index (χ1v) is 7.31. The number of pyridine rings is 2. The first-order chi connectivity index (χ1) is 11.7. The van der Waals surface area contributed by atoms with Crippen LogP contribution in [-0.4, -0.2) is 34.6 Å². The van der Waals surface area contributed by atoms with Crippen molar-refractivity contribution in [2.24, 2.45) is 0 Å². The van der Waals surface area contributed by atoms with Crippen LogP contribution >= 0.6 is 0 Å². The molecule has 0 amide bonds. The highest BCUT2D eigenvalue weighted by Gasteiger charge is 2.22. The van der Waals surface area contributed by atoms with E-state index in [0.29, 0.717) is 28.5 Å². The van der Waals surface area contributed by atoms with E-state index in [1.54, 1.807) is 43.7 Å². The molecular formula is C17H15N3O4. The number of hydrogen-bond acceptors (Lipinski definition) is 7. The van der Waals surface area contributed by atoms with E-state index in [1.807, 2.05) is 6.07 Å². The summed E-state index contributed by atoms with van der Waals surface area (Å²) in [6.07, 6.45) is 4.89. The van der Waals surface area contributed by atoms with Crippen LogP contribution in [0, 0.1) is 0 Å². The third-order valence-corrected chi connectivity index (χ3v) is 3.22. The minimum atomic E-state index is -0.615. The topological polar surface area (TPSA) is 87.3 Å². The van der Waals surface area contributed by atoms with E-state index in [4.69, 9.17) is 13.9 Å². The summed E-state index contributed by atoms with van der Waals surface area (Å²) in [4.78, 5) is 24.5. The summed E-state index contributed by atoms with van der Waals surface area (Å²) >= 11 is 0. The van der Waals surface area contributed by atoms with E-state index in [-0.39, 0.29) is 12.5 Å². The average molecular weight is 325 g/mol. The highest BCUT2D eigenvalue weighted by Crippen LogP contribution is 2.32. The van der Waals surface area contributed by atoms with Gasteiger partial charge in [0.05, 0.1) is 13.7 Å². The zero-order chi connectivity index (χ0) is 16.9. The van der Waals surface area contributed by atoms with Crippen LogP contribution in [0.1, 0.15) is 17.6 Å². The monoisotopic (exact) mass is 325 g/mol. The van der Waals surface area contributed by atoms with Gasteiger partial charge in [0.25, 0.3) is 0 Å². The number of carbonyl (C=O) groups excluding carboxylic acids is 1. The molecule has 0 radical (unpaired) electrons. The van der Waals surface area contributed by atoms with Crippen molar-refractivity contribution in [3.63, 3.8) is 0 Å². The van der Waals surface area contributed by atoms with Gasteiger partial charge in [-0.1, -0.05) is 0 Å². The molecule has 0 aliphatic heterocycles. The molecule has 122 valence electrons. The summed E-state index contributed by atoms with van der Waals surface area (Å²) in [5.74, 6) is 0.186. The van der Waals surface area contributed by atoms with Gasteiger partial charge in [0.15, 0.2) is 5.76 Å². The van der Waals surface area contributed by atoms with Gasteiger partial charge in [-0.2, -0.15) is 0 Å². The molecular weight excluding hydrogens is 310 g/mol. The molecule has 0 spiro atoms. The van der Waals surface area contributed by atoms with Crippen LogP contribution in [0.2, 0.25) is 0 Å². The second-order valence-electron chi connectivity index (χ2n) is 4.75. The molecule has 7 heteroatoms. The number of oxazole rings is 1. The standard InChI is InChI=1S/C17H15N3O4/c1-3-23-17(21)16-20-14(11-6-7-13(22-2)19-10-11)15(24-16)12-5-4-8-18-9-12/h4-10H,3H2,1-2H3. The number of nitrogens with zero attached hydrogens (tertiary/aromatic N) is 3. The molecule has 7 nitrogen and oxygen atoms in total. The Kier molecular flexibility index (Phi) is 4.51. The second-order valence-corrected chi connectivity index (χ2v) is 4.75. The van der Waals surface area contributed by atoms with E-state index in [2.05, 4.69) is 15.0 Å². The minimum Gasteiger partial charge on any atom is -0.481 e. The largest absolute Gasteiger partial charge is 0.481 e. The second kappa shape index (κ2) is 6.91. The van der Waals surface area contributed by atoms with Crippen LogP contribution in [0.4, 0.5) is 0 Å². The fourth-order valence-corrected chi connectivity index (χ4v) is 2.13. The zero-order valence-corrected chi connectivity index (χ0v) is 13.2. The Labute approximate surface area is 138 Å². The number of esters is 1. The van der Waals surface area contributed by atoms with E-state index in [9.17, 15) is 4.79 Å². The summed E-state index contributed by atoms with van der Waals surface area (Å²) in [6, 6.07) is 7.10. The lowest BCUT2D eigenvalue weighted by atomic mass is 10.1.